The average Bonchev–Trinajstić information content (AvgIpc) is 2.88. The normalized spacial score (nSPS) is 22.6. The van der Waals surface area contributed by atoms with E-state index in [2.05, 4.69) is 4.90 Å². The number of alkyl halides is 5. The Morgan fingerprint density at radius 3 is 2.26 bits per heavy atom. The third-order valence-electron chi connectivity index (χ3n) is 8.13. The Morgan fingerprint density at radius 1 is 1.03 bits per heavy atom. The molecule has 2 aromatic carbocycles. The molecule has 2 aliphatic heterocycles. The van der Waals surface area contributed by atoms with Crippen molar-refractivity contribution in [3.63, 3.8) is 0 Å². The number of piperidine rings is 2. The summed E-state index contributed by atoms with van der Waals surface area (Å²) in [6, 6.07) is 11.3. The first-order valence-electron chi connectivity index (χ1n) is 13.4. The summed E-state index contributed by atoms with van der Waals surface area (Å²) in [5.41, 5.74) is 3.37. The van der Waals surface area contributed by atoms with E-state index in [0.29, 0.717) is 83.8 Å². The van der Waals surface area contributed by atoms with Gasteiger partial charge >= 0.3 is 6.18 Å². The van der Waals surface area contributed by atoms with E-state index < -0.39 is 34.7 Å². The van der Waals surface area contributed by atoms with Gasteiger partial charge in [0.05, 0.1) is 11.2 Å². The van der Waals surface area contributed by atoms with Gasteiger partial charge < -0.3 is 20.6 Å². The number of halogens is 5. The average molecular weight is 554 g/mol. The minimum absolute atomic E-state index is 0.127. The maximum atomic E-state index is 14.1. The number of aliphatic hydroxyl groups is 1. The zero-order valence-corrected chi connectivity index (χ0v) is 22.1. The van der Waals surface area contributed by atoms with Gasteiger partial charge in [0.2, 0.25) is 0 Å². The largest absolute Gasteiger partial charge is 0.416 e. The van der Waals surface area contributed by atoms with Crippen LogP contribution in [-0.4, -0.2) is 64.7 Å². The number of benzene rings is 2. The van der Waals surface area contributed by atoms with Crippen LogP contribution in [-0.2, 0) is 18.5 Å². The molecule has 0 saturated carbocycles. The molecule has 0 radical (unpaired) electrons. The van der Waals surface area contributed by atoms with Gasteiger partial charge in [-0.25, -0.2) is 8.78 Å². The maximum Gasteiger partial charge on any atom is 0.416 e. The molecule has 0 bridgehead atoms. The Balaban J connectivity index is 1.59. The van der Waals surface area contributed by atoms with Gasteiger partial charge in [-0.05, 0) is 68.8 Å². The van der Waals surface area contributed by atoms with E-state index in [1.165, 1.54) is 0 Å². The third-order valence-corrected chi connectivity index (χ3v) is 8.13. The van der Waals surface area contributed by atoms with Crippen molar-refractivity contribution in [3.8, 4) is 0 Å². The van der Waals surface area contributed by atoms with Crippen LogP contribution in [0.5, 0.6) is 0 Å². The standard InChI is InChI=1S/C29H36F5N3O2/c1-27(30,31)22-16-21(17-23(18-22)29(32,33)34)26(38)37-12-7-24(19-25(37)15-20-5-3-2-4-6-20)36-13-9-28(39,8-11-35)10-14-36/h2-6,16-18,24-25,39H,7-15,19,35H2,1H3. The molecule has 0 aliphatic carbocycles. The Labute approximate surface area is 225 Å². The first kappa shape index (κ1) is 29.4. The fourth-order valence-corrected chi connectivity index (χ4v) is 5.87. The zero-order chi connectivity index (χ0) is 28.4. The zero-order valence-electron chi connectivity index (χ0n) is 22.1. The maximum absolute atomic E-state index is 14.1. The molecule has 39 heavy (non-hydrogen) atoms. The van der Waals surface area contributed by atoms with Gasteiger partial charge in [0.25, 0.3) is 11.8 Å². The summed E-state index contributed by atoms with van der Waals surface area (Å²) >= 11 is 0. The van der Waals surface area contributed by atoms with Crippen LogP contribution in [0.25, 0.3) is 0 Å². The van der Waals surface area contributed by atoms with Crippen molar-refractivity contribution in [1.29, 1.82) is 0 Å². The van der Waals surface area contributed by atoms with E-state index in [0.717, 1.165) is 11.6 Å². The number of hydrogen-bond donors (Lipinski definition) is 2. The van der Waals surface area contributed by atoms with E-state index in [4.69, 9.17) is 5.73 Å². The van der Waals surface area contributed by atoms with Crippen LogP contribution >= 0.6 is 0 Å². The van der Waals surface area contributed by atoms with E-state index in [1.54, 1.807) is 4.90 Å². The van der Waals surface area contributed by atoms with Gasteiger partial charge in [-0.3, -0.25) is 4.79 Å². The summed E-state index contributed by atoms with van der Waals surface area (Å²) in [5.74, 6) is -4.21. The van der Waals surface area contributed by atoms with Crippen LogP contribution < -0.4 is 5.73 Å². The minimum atomic E-state index is -4.87. The number of likely N-dealkylation sites (tertiary alicyclic amines) is 2. The van der Waals surface area contributed by atoms with Crippen LogP contribution in [0.3, 0.4) is 0 Å². The molecule has 2 aromatic rings. The predicted octanol–water partition coefficient (Wildman–Crippen LogP) is 5.21. The molecule has 5 nitrogen and oxygen atoms in total. The summed E-state index contributed by atoms with van der Waals surface area (Å²) < 4.78 is 68.9. The van der Waals surface area contributed by atoms with Crippen molar-refractivity contribution in [2.75, 3.05) is 26.2 Å². The van der Waals surface area contributed by atoms with E-state index >= 15 is 0 Å². The Hall–Kier alpha value is -2.56. The highest BCUT2D eigenvalue weighted by atomic mass is 19.4. The van der Waals surface area contributed by atoms with Gasteiger partial charge in [-0.1, -0.05) is 30.3 Å². The van der Waals surface area contributed by atoms with Crippen molar-refractivity contribution < 1.29 is 31.9 Å². The van der Waals surface area contributed by atoms with Crippen molar-refractivity contribution >= 4 is 5.91 Å². The van der Waals surface area contributed by atoms with Crippen LogP contribution in [0.15, 0.2) is 48.5 Å². The quantitative estimate of drug-likeness (QED) is 0.462. The number of nitrogens with zero attached hydrogens (tertiary/aromatic N) is 2. The third kappa shape index (κ3) is 7.15. The molecule has 3 N–H and O–H groups in total. The summed E-state index contributed by atoms with van der Waals surface area (Å²) in [5, 5.41) is 10.7. The second-order valence-electron chi connectivity index (χ2n) is 11.0. The summed E-state index contributed by atoms with van der Waals surface area (Å²) in [6.07, 6.45) is -1.44. The lowest BCUT2D eigenvalue weighted by Gasteiger charge is -2.47. The van der Waals surface area contributed by atoms with Crippen molar-refractivity contribution in [3.05, 3.63) is 70.8 Å². The lowest BCUT2D eigenvalue weighted by Crippen LogP contribution is -2.55. The van der Waals surface area contributed by atoms with E-state index in [1.807, 2.05) is 30.3 Å². The van der Waals surface area contributed by atoms with Gasteiger partial charge in [0.15, 0.2) is 0 Å². The Morgan fingerprint density at radius 2 is 1.67 bits per heavy atom. The van der Waals surface area contributed by atoms with Crippen LogP contribution in [0.4, 0.5) is 22.0 Å². The molecule has 10 heteroatoms. The number of amides is 1. The molecule has 0 spiro atoms. The fourth-order valence-electron chi connectivity index (χ4n) is 5.87. The highest BCUT2D eigenvalue weighted by molar-refractivity contribution is 5.95. The highest BCUT2D eigenvalue weighted by Crippen LogP contribution is 2.37. The smallest absolute Gasteiger partial charge is 0.390 e. The van der Waals surface area contributed by atoms with E-state index in [9.17, 15) is 31.9 Å². The minimum Gasteiger partial charge on any atom is -0.390 e. The first-order valence-corrected chi connectivity index (χ1v) is 13.4. The number of hydrogen-bond acceptors (Lipinski definition) is 4. The Kier molecular flexibility index (Phi) is 8.68. The van der Waals surface area contributed by atoms with Crippen molar-refractivity contribution in [2.24, 2.45) is 5.73 Å². The summed E-state index contributed by atoms with van der Waals surface area (Å²) in [7, 11) is 0. The second-order valence-corrected chi connectivity index (χ2v) is 11.0. The molecule has 2 atom stereocenters. The molecule has 0 aromatic heterocycles. The molecule has 2 heterocycles. The van der Waals surface area contributed by atoms with Gasteiger partial charge in [-0.15, -0.1) is 0 Å². The van der Waals surface area contributed by atoms with Crippen molar-refractivity contribution in [1.82, 2.24) is 9.80 Å². The number of carbonyl (C=O) groups is 1. The molecule has 2 fully saturated rings. The van der Waals surface area contributed by atoms with Gasteiger partial charge in [0, 0.05) is 49.8 Å². The van der Waals surface area contributed by atoms with Crippen LogP contribution in [0.2, 0.25) is 0 Å². The fraction of sp³-hybridized carbons (Fsp3) is 0.552. The molecule has 214 valence electrons. The molecular weight excluding hydrogens is 517 g/mol. The summed E-state index contributed by atoms with van der Waals surface area (Å²) in [4.78, 5) is 17.5. The van der Waals surface area contributed by atoms with E-state index in [-0.39, 0.29) is 17.6 Å². The van der Waals surface area contributed by atoms with Gasteiger partial charge in [-0.2, -0.15) is 13.2 Å². The molecule has 2 unspecified atom stereocenters. The summed E-state index contributed by atoms with van der Waals surface area (Å²) in [6.45, 7) is 2.61. The lowest BCUT2D eigenvalue weighted by molar-refractivity contribution is -0.137. The SMILES string of the molecule is CC(F)(F)c1cc(C(=O)N2CCC(N3CCC(O)(CCN)CC3)CC2Cc2ccccc2)cc(C(F)(F)F)c1. The number of rotatable bonds is 7. The first-order chi connectivity index (χ1) is 18.3. The second kappa shape index (κ2) is 11.5. The van der Waals surface area contributed by atoms with Crippen molar-refractivity contribution in [2.45, 2.75) is 75.2 Å². The number of nitrogens with two attached hydrogens (primary N) is 1. The lowest BCUT2D eigenvalue weighted by atomic mass is 9.85. The highest BCUT2D eigenvalue weighted by Gasteiger charge is 2.40. The monoisotopic (exact) mass is 553 g/mol. The molecule has 2 saturated heterocycles. The van der Waals surface area contributed by atoms with Gasteiger partial charge in [0.1, 0.15) is 0 Å². The number of carbonyl (C=O) groups excluding carboxylic acids is 1. The van der Waals surface area contributed by atoms with Crippen LogP contribution in [0.1, 0.15) is 66.1 Å². The topological polar surface area (TPSA) is 69.8 Å². The molecule has 2 aliphatic rings. The molecular formula is C29H36F5N3O2. The van der Waals surface area contributed by atoms with Crippen LogP contribution in [0, 0.1) is 0 Å². The predicted molar refractivity (Wildman–Crippen MR) is 138 cm³/mol. The molecule has 1 amide bonds. The molecule has 4 rings (SSSR count). The Bertz CT molecular complexity index is 1100.